The molecule has 1 aliphatic heterocycles. The second kappa shape index (κ2) is 6.86. The molecule has 2 atom stereocenters. The first-order valence-corrected chi connectivity index (χ1v) is 5.57. The van der Waals surface area contributed by atoms with E-state index in [4.69, 9.17) is 4.74 Å². The maximum absolute atomic E-state index is 5.38. The zero-order chi connectivity index (χ0) is 10.2. The van der Waals surface area contributed by atoms with Crippen LogP contribution < -0.4 is 5.32 Å². The first-order valence-electron chi connectivity index (χ1n) is 5.57. The molecule has 2 nitrogen and oxygen atoms in total. The van der Waals surface area contributed by atoms with Crippen LogP contribution in [0.2, 0.25) is 0 Å². The summed E-state index contributed by atoms with van der Waals surface area (Å²) >= 11 is 0. The van der Waals surface area contributed by atoms with Crippen molar-refractivity contribution in [1.29, 1.82) is 0 Å². The molecule has 1 fully saturated rings. The van der Waals surface area contributed by atoms with Crippen molar-refractivity contribution in [2.75, 3.05) is 19.8 Å². The highest BCUT2D eigenvalue weighted by Gasteiger charge is 2.19. The van der Waals surface area contributed by atoms with Gasteiger partial charge < -0.3 is 10.1 Å². The van der Waals surface area contributed by atoms with Crippen molar-refractivity contribution in [2.45, 2.75) is 39.2 Å². The lowest BCUT2D eigenvalue weighted by Gasteiger charge is -2.18. The minimum Gasteiger partial charge on any atom is -0.381 e. The van der Waals surface area contributed by atoms with Crippen LogP contribution in [-0.2, 0) is 4.74 Å². The predicted molar refractivity (Wildman–Crippen MR) is 59.1 cm³/mol. The molecule has 0 spiro atoms. The summed E-state index contributed by atoms with van der Waals surface area (Å²) in [6.45, 7) is 6.98. The normalized spacial score (nSPS) is 22.9. The summed E-state index contributed by atoms with van der Waals surface area (Å²) in [7, 11) is 0. The molecule has 1 rings (SSSR count). The van der Waals surface area contributed by atoms with Crippen molar-refractivity contribution >= 4 is 0 Å². The molecule has 0 radical (unpaired) electrons. The highest BCUT2D eigenvalue weighted by molar-refractivity contribution is 4.98. The van der Waals surface area contributed by atoms with E-state index in [0.717, 1.165) is 32.1 Å². The Balaban J connectivity index is 2.27. The van der Waals surface area contributed by atoms with Gasteiger partial charge in [-0.1, -0.05) is 6.92 Å². The van der Waals surface area contributed by atoms with E-state index < -0.39 is 0 Å². The van der Waals surface area contributed by atoms with Gasteiger partial charge in [0.15, 0.2) is 0 Å². The van der Waals surface area contributed by atoms with E-state index in [0.29, 0.717) is 6.04 Å². The Morgan fingerprint density at radius 1 is 1.57 bits per heavy atom. The zero-order valence-corrected chi connectivity index (χ0v) is 9.31. The third kappa shape index (κ3) is 4.13. The molecule has 1 aliphatic rings. The van der Waals surface area contributed by atoms with Crippen molar-refractivity contribution in [3.05, 3.63) is 0 Å². The van der Waals surface area contributed by atoms with Gasteiger partial charge in [-0.2, -0.15) is 0 Å². The van der Waals surface area contributed by atoms with E-state index in [2.05, 4.69) is 24.1 Å². The van der Waals surface area contributed by atoms with Crippen molar-refractivity contribution in [3.63, 3.8) is 0 Å². The molecule has 0 amide bonds. The van der Waals surface area contributed by atoms with Crippen LogP contribution in [0.15, 0.2) is 0 Å². The summed E-state index contributed by atoms with van der Waals surface area (Å²) < 4.78 is 5.38. The highest BCUT2D eigenvalue weighted by Crippen LogP contribution is 2.19. The molecule has 0 aromatic heterocycles. The third-order valence-electron chi connectivity index (χ3n) is 2.66. The van der Waals surface area contributed by atoms with Crippen LogP contribution in [0, 0.1) is 17.8 Å². The molecule has 0 saturated carbocycles. The number of hydrogen-bond donors (Lipinski definition) is 1. The lowest BCUT2D eigenvalue weighted by molar-refractivity contribution is 0.181. The molecule has 2 unspecified atom stereocenters. The summed E-state index contributed by atoms with van der Waals surface area (Å²) in [6, 6.07) is 0.555. The van der Waals surface area contributed by atoms with E-state index in [-0.39, 0.29) is 0 Å². The molecule has 1 N–H and O–H groups in total. The third-order valence-corrected chi connectivity index (χ3v) is 2.66. The maximum atomic E-state index is 5.38. The average Bonchev–Trinajstić information content (AvgIpc) is 2.67. The molecule has 80 valence electrons. The van der Waals surface area contributed by atoms with E-state index in [1.807, 2.05) is 6.92 Å². The zero-order valence-electron chi connectivity index (χ0n) is 9.31. The second-order valence-corrected chi connectivity index (χ2v) is 3.85. The smallest absolute Gasteiger partial charge is 0.0495 e. The van der Waals surface area contributed by atoms with Crippen LogP contribution >= 0.6 is 0 Å². The van der Waals surface area contributed by atoms with Crippen molar-refractivity contribution in [1.82, 2.24) is 5.32 Å². The van der Waals surface area contributed by atoms with Gasteiger partial charge in [-0.15, -0.1) is 11.8 Å². The molecule has 1 saturated heterocycles. The monoisotopic (exact) mass is 195 g/mol. The Labute approximate surface area is 87.4 Å². The van der Waals surface area contributed by atoms with Gasteiger partial charge in [-0.25, -0.2) is 0 Å². The van der Waals surface area contributed by atoms with Crippen LogP contribution in [-0.4, -0.2) is 25.8 Å². The molecule has 0 bridgehead atoms. The predicted octanol–water partition coefficient (Wildman–Crippen LogP) is 1.80. The van der Waals surface area contributed by atoms with Gasteiger partial charge >= 0.3 is 0 Å². The Morgan fingerprint density at radius 3 is 3.00 bits per heavy atom. The first kappa shape index (κ1) is 11.6. The van der Waals surface area contributed by atoms with E-state index >= 15 is 0 Å². The minimum atomic E-state index is 0.555. The van der Waals surface area contributed by atoms with E-state index in [9.17, 15) is 0 Å². The van der Waals surface area contributed by atoms with Gasteiger partial charge in [0.05, 0.1) is 0 Å². The average molecular weight is 195 g/mol. The largest absolute Gasteiger partial charge is 0.381 e. The number of ether oxygens (including phenoxy) is 1. The Morgan fingerprint density at radius 2 is 2.43 bits per heavy atom. The summed E-state index contributed by atoms with van der Waals surface area (Å²) in [5.74, 6) is 6.86. The van der Waals surface area contributed by atoms with Crippen molar-refractivity contribution in [3.8, 4) is 11.8 Å². The van der Waals surface area contributed by atoms with Crippen molar-refractivity contribution in [2.24, 2.45) is 5.92 Å². The van der Waals surface area contributed by atoms with E-state index in [1.165, 1.54) is 12.8 Å². The number of rotatable bonds is 5. The summed E-state index contributed by atoms with van der Waals surface area (Å²) in [5, 5.41) is 3.49. The quantitative estimate of drug-likeness (QED) is 0.675. The SMILES string of the molecule is CC#CCC(CC1CCOC1)NCC. The van der Waals surface area contributed by atoms with Gasteiger partial charge in [0.1, 0.15) is 0 Å². The lowest BCUT2D eigenvalue weighted by Crippen LogP contribution is -2.30. The second-order valence-electron chi connectivity index (χ2n) is 3.85. The van der Waals surface area contributed by atoms with E-state index in [1.54, 1.807) is 0 Å². The van der Waals surface area contributed by atoms with Crippen LogP contribution in [0.5, 0.6) is 0 Å². The van der Waals surface area contributed by atoms with Gasteiger partial charge in [-0.05, 0) is 32.2 Å². The fourth-order valence-corrected chi connectivity index (χ4v) is 1.92. The standard InChI is InChI=1S/C12H21NO/c1-3-5-6-12(13-4-2)9-11-7-8-14-10-11/h11-13H,4,6-10H2,1-2H3. The summed E-state index contributed by atoms with van der Waals surface area (Å²) in [5.41, 5.74) is 0. The van der Waals surface area contributed by atoms with Gasteiger partial charge in [-0.3, -0.25) is 0 Å². The molecule has 0 aromatic carbocycles. The molecule has 1 heterocycles. The Kier molecular flexibility index (Phi) is 5.66. The first-order chi connectivity index (χ1) is 6.86. The Hall–Kier alpha value is -0.520. The summed E-state index contributed by atoms with van der Waals surface area (Å²) in [4.78, 5) is 0. The van der Waals surface area contributed by atoms with Gasteiger partial charge in [0.2, 0.25) is 0 Å². The van der Waals surface area contributed by atoms with Crippen LogP contribution in [0.4, 0.5) is 0 Å². The van der Waals surface area contributed by atoms with Gasteiger partial charge in [0, 0.05) is 25.7 Å². The molecule has 0 aliphatic carbocycles. The van der Waals surface area contributed by atoms with Crippen LogP contribution in [0.3, 0.4) is 0 Å². The minimum absolute atomic E-state index is 0.555. The fourth-order valence-electron chi connectivity index (χ4n) is 1.92. The number of nitrogens with one attached hydrogen (secondary N) is 1. The fraction of sp³-hybridized carbons (Fsp3) is 0.833. The van der Waals surface area contributed by atoms with Crippen LogP contribution in [0.1, 0.15) is 33.1 Å². The van der Waals surface area contributed by atoms with Gasteiger partial charge in [0.25, 0.3) is 0 Å². The molecular weight excluding hydrogens is 174 g/mol. The molecule has 14 heavy (non-hydrogen) atoms. The topological polar surface area (TPSA) is 21.3 Å². The molecule has 2 heteroatoms. The summed E-state index contributed by atoms with van der Waals surface area (Å²) in [6.07, 6.45) is 3.41. The number of hydrogen-bond acceptors (Lipinski definition) is 2. The molecular formula is C12H21NO. The lowest BCUT2D eigenvalue weighted by atomic mass is 9.97. The van der Waals surface area contributed by atoms with Crippen molar-refractivity contribution < 1.29 is 4.74 Å². The van der Waals surface area contributed by atoms with Crippen LogP contribution in [0.25, 0.3) is 0 Å². The Bertz CT molecular complexity index is 198. The highest BCUT2D eigenvalue weighted by atomic mass is 16.5. The maximum Gasteiger partial charge on any atom is 0.0495 e. The molecule has 0 aromatic rings.